The molecule has 0 bridgehead atoms. The largest absolute Gasteiger partial charge is 0.478 e. The Balaban J connectivity index is 1.82. The molecule has 0 unspecified atom stereocenters. The summed E-state index contributed by atoms with van der Waals surface area (Å²) in [4.78, 5) is 26.6. The molecule has 1 saturated carbocycles. The molecule has 0 atom stereocenters. The SMILES string of the molecule is Cc1cc(NC(=O)Nc2cc(-c3cc(F)ccc3C(=O)O)c(F)cc2N(CC(C)C)C2CCC(F)(F)CC2)no1. The third kappa shape index (κ3) is 6.72. The summed E-state index contributed by atoms with van der Waals surface area (Å²) in [7, 11) is 0. The van der Waals surface area contributed by atoms with Crippen molar-refractivity contribution in [2.75, 3.05) is 22.1 Å². The van der Waals surface area contributed by atoms with E-state index >= 15 is 4.39 Å². The summed E-state index contributed by atoms with van der Waals surface area (Å²) in [6.45, 7) is 5.85. The molecule has 40 heavy (non-hydrogen) atoms. The van der Waals surface area contributed by atoms with E-state index in [0.29, 0.717) is 12.3 Å². The average Bonchev–Trinajstić information content (AvgIpc) is 3.27. The zero-order valence-corrected chi connectivity index (χ0v) is 22.2. The number of rotatable bonds is 8. The first kappa shape index (κ1) is 28.9. The van der Waals surface area contributed by atoms with Crippen molar-refractivity contribution in [1.82, 2.24) is 5.16 Å². The number of anilines is 3. The van der Waals surface area contributed by atoms with Crippen molar-refractivity contribution in [2.45, 2.75) is 58.4 Å². The Morgan fingerprint density at radius 1 is 1.10 bits per heavy atom. The van der Waals surface area contributed by atoms with Gasteiger partial charge in [0.05, 0.1) is 16.9 Å². The van der Waals surface area contributed by atoms with Gasteiger partial charge in [-0.15, -0.1) is 0 Å². The van der Waals surface area contributed by atoms with Crippen LogP contribution >= 0.6 is 0 Å². The van der Waals surface area contributed by atoms with Gasteiger partial charge in [-0.1, -0.05) is 19.0 Å². The fourth-order valence-electron chi connectivity index (χ4n) is 4.90. The number of nitrogens with one attached hydrogen (secondary N) is 2. The second kappa shape index (κ2) is 11.6. The van der Waals surface area contributed by atoms with Crippen LogP contribution in [0.4, 0.5) is 39.5 Å². The van der Waals surface area contributed by atoms with Crippen LogP contribution in [-0.4, -0.2) is 40.8 Å². The summed E-state index contributed by atoms with van der Waals surface area (Å²) >= 11 is 0. The van der Waals surface area contributed by atoms with Crippen LogP contribution in [0.25, 0.3) is 11.1 Å². The number of hydrogen-bond acceptors (Lipinski definition) is 5. The molecular formula is C28H30F4N4O4. The number of halogens is 4. The fourth-order valence-corrected chi connectivity index (χ4v) is 4.90. The van der Waals surface area contributed by atoms with Gasteiger partial charge in [0, 0.05) is 42.6 Å². The van der Waals surface area contributed by atoms with E-state index in [9.17, 15) is 27.9 Å². The molecule has 1 aromatic heterocycles. The van der Waals surface area contributed by atoms with Crippen molar-refractivity contribution < 1.29 is 36.8 Å². The first-order valence-corrected chi connectivity index (χ1v) is 12.9. The number of carboxylic acids is 1. The van der Waals surface area contributed by atoms with E-state index in [-0.39, 0.29) is 71.5 Å². The highest BCUT2D eigenvalue weighted by molar-refractivity contribution is 6.03. The molecule has 0 spiro atoms. The molecule has 3 aromatic rings. The first-order valence-electron chi connectivity index (χ1n) is 12.9. The molecule has 0 aliphatic heterocycles. The van der Waals surface area contributed by atoms with Gasteiger partial charge in [-0.25, -0.2) is 27.2 Å². The molecule has 1 fully saturated rings. The minimum absolute atomic E-state index is 0.0480. The molecule has 8 nitrogen and oxygen atoms in total. The summed E-state index contributed by atoms with van der Waals surface area (Å²) < 4.78 is 62.8. The lowest BCUT2D eigenvalue weighted by molar-refractivity contribution is -0.0382. The van der Waals surface area contributed by atoms with Crippen LogP contribution in [0.15, 0.2) is 40.9 Å². The number of aromatic carboxylic acids is 1. The van der Waals surface area contributed by atoms with Crippen LogP contribution in [0.1, 0.15) is 55.6 Å². The zero-order chi connectivity index (χ0) is 29.2. The lowest BCUT2D eigenvalue weighted by Crippen LogP contribution is -2.43. The highest BCUT2D eigenvalue weighted by Crippen LogP contribution is 2.41. The van der Waals surface area contributed by atoms with Gasteiger partial charge in [0.2, 0.25) is 5.92 Å². The summed E-state index contributed by atoms with van der Waals surface area (Å²) in [6.07, 6.45) is -0.348. The molecule has 0 radical (unpaired) electrons. The molecular weight excluding hydrogens is 532 g/mol. The summed E-state index contributed by atoms with van der Waals surface area (Å²) in [5, 5.41) is 18.5. The minimum atomic E-state index is -2.78. The van der Waals surface area contributed by atoms with Gasteiger partial charge in [0.1, 0.15) is 17.4 Å². The van der Waals surface area contributed by atoms with Gasteiger partial charge in [0.25, 0.3) is 0 Å². The fraction of sp³-hybridized carbons (Fsp3) is 0.393. The third-order valence-corrected chi connectivity index (χ3v) is 6.70. The van der Waals surface area contributed by atoms with Gasteiger partial charge in [-0.2, -0.15) is 0 Å². The van der Waals surface area contributed by atoms with Crippen LogP contribution in [0.5, 0.6) is 0 Å². The Kier molecular flexibility index (Phi) is 8.36. The molecule has 2 amide bonds. The van der Waals surface area contributed by atoms with E-state index in [0.717, 1.165) is 24.3 Å². The second-order valence-corrected chi connectivity index (χ2v) is 10.4. The number of aryl methyl sites for hydroxylation is 1. The van der Waals surface area contributed by atoms with Crippen LogP contribution in [0.3, 0.4) is 0 Å². The Morgan fingerprint density at radius 2 is 1.80 bits per heavy atom. The Morgan fingerprint density at radius 3 is 2.40 bits per heavy atom. The van der Waals surface area contributed by atoms with Crippen molar-refractivity contribution in [3.63, 3.8) is 0 Å². The highest BCUT2D eigenvalue weighted by atomic mass is 19.3. The van der Waals surface area contributed by atoms with Crippen LogP contribution < -0.4 is 15.5 Å². The molecule has 1 aliphatic rings. The van der Waals surface area contributed by atoms with Crippen molar-refractivity contribution >= 4 is 29.2 Å². The topological polar surface area (TPSA) is 108 Å². The number of carbonyl (C=O) groups is 2. The Labute approximate surface area is 228 Å². The maximum Gasteiger partial charge on any atom is 0.336 e. The molecule has 2 aromatic carbocycles. The van der Waals surface area contributed by atoms with Gasteiger partial charge in [0.15, 0.2) is 5.82 Å². The molecule has 214 valence electrons. The van der Waals surface area contributed by atoms with Gasteiger partial charge >= 0.3 is 12.0 Å². The molecule has 1 heterocycles. The van der Waals surface area contributed by atoms with Crippen molar-refractivity contribution in [1.29, 1.82) is 0 Å². The monoisotopic (exact) mass is 562 g/mol. The van der Waals surface area contributed by atoms with Crippen molar-refractivity contribution in [3.05, 3.63) is 59.4 Å². The number of aromatic nitrogens is 1. The van der Waals surface area contributed by atoms with Gasteiger partial charge in [-0.05, 0) is 56.0 Å². The molecule has 0 saturated heterocycles. The molecule has 12 heteroatoms. The number of urea groups is 1. The Hall–Kier alpha value is -4.09. The van der Waals surface area contributed by atoms with E-state index in [1.54, 1.807) is 11.8 Å². The average molecular weight is 563 g/mol. The number of nitrogens with zero attached hydrogens (tertiary/aromatic N) is 2. The highest BCUT2D eigenvalue weighted by Gasteiger charge is 2.38. The maximum absolute atomic E-state index is 15.8. The minimum Gasteiger partial charge on any atom is -0.478 e. The van der Waals surface area contributed by atoms with E-state index in [4.69, 9.17) is 4.52 Å². The number of amides is 2. The van der Waals surface area contributed by atoms with Gasteiger partial charge in [-0.3, -0.25) is 5.32 Å². The zero-order valence-electron chi connectivity index (χ0n) is 22.2. The lowest BCUT2D eigenvalue weighted by atomic mass is 9.90. The normalized spacial score (nSPS) is 15.2. The maximum atomic E-state index is 15.8. The first-order chi connectivity index (χ1) is 18.8. The van der Waals surface area contributed by atoms with Crippen molar-refractivity contribution in [3.8, 4) is 11.1 Å². The van der Waals surface area contributed by atoms with Gasteiger partial charge < -0.3 is 19.8 Å². The molecule has 1 aliphatic carbocycles. The summed E-state index contributed by atoms with van der Waals surface area (Å²) in [5.41, 5.74) is -0.513. The third-order valence-electron chi connectivity index (χ3n) is 6.70. The smallest absolute Gasteiger partial charge is 0.336 e. The van der Waals surface area contributed by atoms with E-state index in [1.165, 1.54) is 12.1 Å². The summed E-state index contributed by atoms with van der Waals surface area (Å²) in [5.74, 6) is -5.20. The second-order valence-electron chi connectivity index (χ2n) is 10.4. The number of benzene rings is 2. The standard InChI is InChI=1S/C28H30F4N4O4/c1-15(2)14-36(18-6-8-28(31,32)9-7-18)24-13-22(30)21(20-11-17(29)4-5-19(20)26(37)38)12-23(24)33-27(39)34-25-10-16(3)40-35-25/h4-5,10-13,15,18H,6-9,14H2,1-3H3,(H,37,38)(H2,33,34,35,39). The van der Waals surface area contributed by atoms with E-state index < -0.39 is 29.6 Å². The Bertz CT molecular complexity index is 1400. The number of carbonyl (C=O) groups excluding carboxylic acids is 1. The van der Waals surface area contributed by atoms with Crippen LogP contribution in [0, 0.1) is 24.5 Å². The van der Waals surface area contributed by atoms with Crippen LogP contribution in [-0.2, 0) is 0 Å². The predicted molar refractivity (Wildman–Crippen MR) is 142 cm³/mol. The van der Waals surface area contributed by atoms with Crippen LogP contribution in [0.2, 0.25) is 0 Å². The predicted octanol–water partition coefficient (Wildman–Crippen LogP) is 7.31. The lowest BCUT2D eigenvalue weighted by Gasteiger charge is -2.40. The molecule has 4 rings (SSSR count). The summed E-state index contributed by atoms with van der Waals surface area (Å²) in [6, 6.07) is 5.59. The number of carboxylic acid groups (broad SMARTS) is 1. The number of hydrogen-bond donors (Lipinski definition) is 3. The quantitative estimate of drug-likeness (QED) is 0.249. The molecule has 3 N–H and O–H groups in total. The van der Waals surface area contributed by atoms with Crippen molar-refractivity contribution in [2.24, 2.45) is 5.92 Å². The van der Waals surface area contributed by atoms with E-state index in [2.05, 4.69) is 15.8 Å². The van der Waals surface area contributed by atoms with E-state index in [1.807, 2.05) is 13.8 Å². The number of alkyl halides is 2.